The maximum absolute atomic E-state index is 13.4. The van der Waals surface area contributed by atoms with Crippen LogP contribution in [-0.2, 0) is 9.48 Å². The summed E-state index contributed by atoms with van der Waals surface area (Å²) in [6.45, 7) is 5.34. The van der Waals surface area contributed by atoms with Crippen LogP contribution in [0.4, 0.5) is 23.7 Å². The summed E-state index contributed by atoms with van der Waals surface area (Å²) in [5, 5.41) is 3.08. The molecule has 0 aliphatic carbocycles. The molecule has 2 aliphatic heterocycles. The molecule has 1 aromatic rings. The molecule has 0 bridgehead atoms. The monoisotopic (exact) mass is 390 g/mol. The Labute approximate surface area is 154 Å². The van der Waals surface area contributed by atoms with Crippen LogP contribution in [0.2, 0.25) is 0 Å². The second-order valence-electron chi connectivity index (χ2n) is 7.32. The Morgan fingerprint density at radius 3 is 2.62 bits per heavy atom. The van der Waals surface area contributed by atoms with E-state index in [1.54, 1.807) is 39.0 Å². The highest BCUT2D eigenvalue weighted by molar-refractivity contribution is 8.01. The number of nitrogens with zero attached hydrogens (tertiary/aromatic N) is 1. The van der Waals surface area contributed by atoms with Crippen LogP contribution in [0.3, 0.4) is 0 Å². The number of carbonyl (C=O) groups excluding carboxylic acids is 1. The average molecular weight is 390 g/mol. The van der Waals surface area contributed by atoms with Gasteiger partial charge >= 0.3 is 11.6 Å². The number of ether oxygens (including phenoxy) is 2. The number of hydrogen-bond donors (Lipinski definition) is 1. The standard InChI is InChI=1S/C17H21F3N2O3S/c1-15(2,3)25-14(23)22-8-7-16(26-17(18,19)20)11-9-10(24-4)5-6-12(11)21-13(16)22/h5-6,9,13,21H,7-8H2,1-4H3/t13-,16+/m0/s1. The van der Waals surface area contributed by atoms with Crippen molar-refractivity contribution < 1.29 is 27.4 Å². The summed E-state index contributed by atoms with van der Waals surface area (Å²) in [7, 11) is 1.47. The third kappa shape index (κ3) is 3.41. The molecule has 2 aliphatic rings. The Hall–Kier alpha value is -1.77. The summed E-state index contributed by atoms with van der Waals surface area (Å²) in [5.41, 5.74) is -4.11. The molecule has 1 aromatic carbocycles. The number of thioether (sulfide) groups is 1. The van der Waals surface area contributed by atoms with E-state index in [9.17, 15) is 18.0 Å². The number of hydrogen-bond acceptors (Lipinski definition) is 5. The molecule has 1 fully saturated rings. The van der Waals surface area contributed by atoms with Crippen LogP contribution in [0.1, 0.15) is 32.8 Å². The van der Waals surface area contributed by atoms with Crippen molar-refractivity contribution in [1.29, 1.82) is 0 Å². The molecular formula is C17H21F3N2O3S. The van der Waals surface area contributed by atoms with E-state index in [-0.39, 0.29) is 24.7 Å². The maximum Gasteiger partial charge on any atom is 0.442 e. The molecule has 3 rings (SSSR count). The number of nitrogens with one attached hydrogen (secondary N) is 1. The fourth-order valence-corrected chi connectivity index (χ4v) is 4.62. The predicted octanol–water partition coefficient (Wildman–Crippen LogP) is 4.54. The largest absolute Gasteiger partial charge is 0.497 e. The molecule has 1 amide bonds. The quantitative estimate of drug-likeness (QED) is 0.804. The number of amides is 1. The van der Waals surface area contributed by atoms with E-state index in [0.29, 0.717) is 17.0 Å². The van der Waals surface area contributed by atoms with E-state index in [1.807, 2.05) is 0 Å². The molecule has 0 unspecified atom stereocenters. The topological polar surface area (TPSA) is 50.8 Å². The molecule has 0 spiro atoms. The zero-order chi connectivity index (χ0) is 19.3. The summed E-state index contributed by atoms with van der Waals surface area (Å²) in [6.07, 6.45) is -1.31. The molecule has 144 valence electrons. The lowest BCUT2D eigenvalue weighted by Gasteiger charge is -2.33. The minimum absolute atomic E-state index is 0.0841. The number of benzene rings is 1. The summed E-state index contributed by atoms with van der Waals surface area (Å²) < 4.78 is 49.4. The molecular weight excluding hydrogens is 369 g/mol. The van der Waals surface area contributed by atoms with E-state index in [0.717, 1.165) is 0 Å². The smallest absolute Gasteiger partial charge is 0.442 e. The lowest BCUT2D eigenvalue weighted by molar-refractivity contribution is -0.0348. The van der Waals surface area contributed by atoms with E-state index in [2.05, 4.69) is 5.32 Å². The van der Waals surface area contributed by atoms with Crippen molar-refractivity contribution in [3.63, 3.8) is 0 Å². The van der Waals surface area contributed by atoms with Crippen molar-refractivity contribution in [1.82, 2.24) is 4.90 Å². The predicted molar refractivity (Wildman–Crippen MR) is 93.3 cm³/mol. The van der Waals surface area contributed by atoms with Crippen molar-refractivity contribution in [2.75, 3.05) is 19.0 Å². The molecule has 26 heavy (non-hydrogen) atoms. The molecule has 5 nitrogen and oxygen atoms in total. The molecule has 1 N–H and O–H groups in total. The van der Waals surface area contributed by atoms with Crippen LogP contribution in [0.25, 0.3) is 0 Å². The highest BCUT2D eigenvalue weighted by atomic mass is 32.2. The average Bonchev–Trinajstić information content (AvgIpc) is 2.96. The van der Waals surface area contributed by atoms with Gasteiger partial charge in [0.15, 0.2) is 0 Å². The van der Waals surface area contributed by atoms with Crippen LogP contribution in [0.15, 0.2) is 18.2 Å². The molecule has 0 saturated carbocycles. The Morgan fingerprint density at radius 2 is 2.04 bits per heavy atom. The highest BCUT2D eigenvalue weighted by Gasteiger charge is 2.60. The maximum atomic E-state index is 13.4. The van der Waals surface area contributed by atoms with Crippen molar-refractivity contribution in [2.24, 2.45) is 0 Å². The number of alkyl halides is 3. The number of fused-ring (bicyclic) bond motifs is 3. The first-order chi connectivity index (χ1) is 12.0. The number of methoxy groups -OCH3 is 1. The molecule has 0 aromatic heterocycles. The van der Waals surface area contributed by atoms with Crippen LogP contribution >= 0.6 is 11.8 Å². The van der Waals surface area contributed by atoms with E-state index >= 15 is 0 Å². The Kier molecular flexibility index (Phi) is 4.49. The van der Waals surface area contributed by atoms with Crippen molar-refractivity contribution in [3.05, 3.63) is 23.8 Å². The second kappa shape index (κ2) is 6.14. The van der Waals surface area contributed by atoms with E-state index < -0.39 is 28.1 Å². The Balaban J connectivity index is 2.00. The normalized spacial score (nSPS) is 24.7. The van der Waals surface area contributed by atoms with Crippen molar-refractivity contribution in [3.8, 4) is 5.75 Å². The minimum atomic E-state index is -4.45. The number of likely N-dealkylation sites (tertiary alicyclic amines) is 1. The van der Waals surface area contributed by atoms with Gasteiger partial charge in [-0.3, -0.25) is 4.90 Å². The van der Waals surface area contributed by atoms with Crippen LogP contribution in [0, 0.1) is 0 Å². The van der Waals surface area contributed by atoms with Crippen LogP contribution in [-0.4, -0.2) is 41.9 Å². The fourth-order valence-electron chi connectivity index (χ4n) is 3.44. The first-order valence-corrected chi connectivity index (χ1v) is 8.98. The molecule has 2 heterocycles. The van der Waals surface area contributed by atoms with Gasteiger partial charge in [-0.25, -0.2) is 4.79 Å². The van der Waals surface area contributed by atoms with Gasteiger partial charge in [0.1, 0.15) is 17.5 Å². The number of rotatable bonds is 2. The van der Waals surface area contributed by atoms with Gasteiger partial charge in [0.05, 0.1) is 11.9 Å². The van der Waals surface area contributed by atoms with E-state index in [4.69, 9.17) is 9.47 Å². The number of anilines is 1. The first-order valence-electron chi connectivity index (χ1n) is 8.17. The van der Waals surface area contributed by atoms with Gasteiger partial charge in [0.2, 0.25) is 0 Å². The third-order valence-corrected chi connectivity index (χ3v) is 5.62. The van der Waals surface area contributed by atoms with Gasteiger partial charge in [-0.05, 0) is 62.7 Å². The van der Waals surface area contributed by atoms with Crippen LogP contribution < -0.4 is 10.1 Å². The van der Waals surface area contributed by atoms with Gasteiger partial charge in [0.25, 0.3) is 0 Å². The van der Waals surface area contributed by atoms with Gasteiger partial charge in [0, 0.05) is 12.2 Å². The van der Waals surface area contributed by atoms with Gasteiger partial charge < -0.3 is 14.8 Å². The summed E-state index contributed by atoms with van der Waals surface area (Å²) in [4.78, 5) is 13.9. The zero-order valence-electron chi connectivity index (χ0n) is 14.9. The molecule has 2 atom stereocenters. The Morgan fingerprint density at radius 1 is 1.35 bits per heavy atom. The van der Waals surface area contributed by atoms with Gasteiger partial charge in [-0.1, -0.05) is 0 Å². The molecule has 0 radical (unpaired) electrons. The summed E-state index contributed by atoms with van der Waals surface area (Å²) >= 11 is -0.0841. The third-order valence-electron chi connectivity index (χ3n) is 4.38. The van der Waals surface area contributed by atoms with Gasteiger partial charge in [-0.2, -0.15) is 13.2 Å². The summed E-state index contributed by atoms with van der Waals surface area (Å²) in [5.74, 6) is 0.476. The highest BCUT2D eigenvalue weighted by Crippen LogP contribution is 2.60. The lowest BCUT2D eigenvalue weighted by atomic mass is 9.97. The van der Waals surface area contributed by atoms with Gasteiger partial charge in [-0.15, -0.1) is 0 Å². The van der Waals surface area contributed by atoms with Crippen molar-refractivity contribution in [2.45, 2.75) is 49.2 Å². The minimum Gasteiger partial charge on any atom is -0.497 e. The van der Waals surface area contributed by atoms with E-state index in [1.165, 1.54) is 12.0 Å². The molecule has 1 saturated heterocycles. The Bertz CT molecular complexity index is 720. The first kappa shape index (κ1) is 19.0. The van der Waals surface area contributed by atoms with Crippen LogP contribution in [0.5, 0.6) is 5.75 Å². The lowest BCUT2D eigenvalue weighted by Crippen LogP contribution is -2.47. The summed E-state index contributed by atoms with van der Waals surface area (Å²) in [6, 6.07) is 4.97. The zero-order valence-corrected chi connectivity index (χ0v) is 15.8. The van der Waals surface area contributed by atoms with Crippen molar-refractivity contribution >= 4 is 23.5 Å². The number of halogens is 3. The SMILES string of the molecule is COc1ccc2c(c1)[C@]1(SC(F)(F)F)CCN(C(=O)OC(C)(C)C)[C@@H]1N2. The second-order valence-corrected chi connectivity index (χ2v) is 8.71. The fraction of sp³-hybridized carbons (Fsp3) is 0.588. The molecule has 9 heteroatoms. The number of carbonyl (C=O) groups is 1.